The zero-order chi connectivity index (χ0) is 11.8. The zero-order valence-corrected chi connectivity index (χ0v) is 10.8. The second kappa shape index (κ2) is 4.05. The molecule has 0 amide bonds. The van der Waals surface area contributed by atoms with E-state index >= 15 is 0 Å². The van der Waals surface area contributed by atoms with Gasteiger partial charge in [0, 0.05) is 0 Å². The van der Waals surface area contributed by atoms with Crippen LogP contribution in [0.25, 0.3) is 0 Å². The van der Waals surface area contributed by atoms with Crippen molar-refractivity contribution >= 4 is 5.97 Å². The van der Waals surface area contributed by atoms with Gasteiger partial charge in [-0.1, -0.05) is 6.92 Å². The molecule has 3 saturated carbocycles. The van der Waals surface area contributed by atoms with Gasteiger partial charge in [-0.3, -0.25) is 4.79 Å². The van der Waals surface area contributed by atoms with E-state index in [1.54, 1.807) is 0 Å². The molecule has 3 rings (SSSR count). The maximum absolute atomic E-state index is 12.1. The highest BCUT2D eigenvalue weighted by atomic mass is 16.6. The lowest BCUT2D eigenvalue weighted by Crippen LogP contribution is -2.46. The van der Waals surface area contributed by atoms with Crippen LogP contribution < -0.4 is 0 Å². The number of esters is 1. The molecule has 0 heterocycles. The number of carbonyl (C=O) groups is 1. The van der Waals surface area contributed by atoms with E-state index in [4.69, 9.17) is 4.74 Å². The van der Waals surface area contributed by atoms with Gasteiger partial charge in [0.2, 0.25) is 0 Å². The van der Waals surface area contributed by atoms with Crippen LogP contribution in [0.4, 0.5) is 0 Å². The molecule has 0 spiro atoms. The molecule has 0 aliphatic heterocycles. The first-order chi connectivity index (χ1) is 7.47. The molecule has 92 valence electrons. The fourth-order valence-corrected chi connectivity index (χ4v) is 2.84. The van der Waals surface area contributed by atoms with E-state index in [9.17, 15) is 4.79 Å². The minimum atomic E-state index is -0.316. The number of ether oxygens (including phenoxy) is 1. The van der Waals surface area contributed by atoms with Crippen molar-refractivity contribution in [2.45, 2.75) is 71.3 Å². The van der Waals surface area contributed by atoms with E-state index in [0.29, 0.717) is 0 Å². The molecule has 0 aromatic carbocycles. The summed E-state index contributed by atoms with van der Waals surface area (Å²) in [7, 11) is 0. The third-order valence-electron chi connectivity index (χ3n) is 4.77. The molecule has 0 unspecified atom stereocenters. The van der Waals surface area contributed by atoms with Crippen molar-refractivity contribution in [2.24, 2.45) is 11.3 Å². The Hall–Kier alpha value is -0.530. The van der Waals surface area contributed by atoms with Gasteiger partial charge >= 0.3 is 5.97 Å². The molecule has 16 heavy (non-hydrogen) atoms. The van der Waals surface area contributed by atoms with Gasteiger partial charge < -0.3 is 4.74 Å². The molecule has 0 aromatic rings. The summed E-state index contributed by atoms with van der Waals surface area (Å²) in [5.74, 6) is 0.926. The highest BCUT2D eigenvalue weighted by Gasteiger charge is 2.45. The van der Waals surface area contributed by atoms with Crippen LogP contribution in [-0.2, 0) is 9.53 Å². The summed E-state index contributed by atoms with van der Waals surface area (Å²) in [5, 5.41) is 0. The third kappa shape index (κ3) is 2.11. The first-order valence-corrected chi connectivity index (χ1v) is 6.71. The van der Waals surface area contributed by atoms with Crippen LogP contribution in [0.1, 0.15) is 65.7 Å². The second-order valence-electron chi connectivity index (χ2n) is 6.29. The molecular formula is C14H24O2. The van der Waals surface area contributed by atoms with E-state index < -0.39 is 0 Å². The van der Waals surface area contributed by atoms with Gasteiger partial charge in [-0.2, -0.15) is 0 Å². The average molecular weight is 224 g/mol. The minimum absolute atomic E-state index is 0.00958. The summed E-state index contributed by atoms with van der Waals surface area (Å²) in [4.78, 5) is 12.1. The largest absolute Gasteiger partial charge is 0.459 e. The third-order valence-corrected chi connectivity index (χ3v) is 4.77. The Bertz CT molecular complexity index is 259. The second-order valence-corrected chi connectivity index (χ2v) is 6.29. The quantitative estimate of drug-likeness (QED) is 0.683. The first-order valence-electron chi connectivity index (χ1n) is 6.71. The highest BCUT2D eigenvalue weighted by molar-refractivity contribution is 5.76. The van der Waals surface area contributed by atoms with Crippen molar-refractivity contribution in [3.8, 4) is 0 Å². The Morgan fingerprint density at radius 3 is 2.19 bits per heavy atom. The van der Waals surface area contributed by atoms with Gasteiger partial charge in [0.25, 0.3) is 0 Å². The average Bonchev–Trinajstić information content (AvgIpc) is 2.31. The summed E-state index contributed by atoms with van der Waals surface area (Å²) in [6, 6.07) is 0. The predicted octanol–water partition coefficient (Wildman–Crippen LogP) is 3.69. The van der Waals surface area contributed by atoms with Crippen LogP contribution in [-0.4, -0.2) is 11.6 Å². The van der Waals surface area contributed by atoms with Gasteiger partial charge in [0.1, 0.15) is 5.60 Å². The molecule has 3 fully saturated rings. The zero-order valence-electron chi connectivity index (χ0n) is 10.8. The smallest absolute Gasteiger partial charge is 0.312 e. The number of fused-ring (bicyclic) bond motifs is 3. The van der Waals surface area contributed by atoms with Crippen molar-refractivity contribution in [1.82, 2.24) is 0 Å². The van der Waals surface area contributed by atoms with Crippen molar-refractivity contribution in [3.63, 3.8) is 0 Å². The van der Waals surface area contributed by atoms with Crippen molar-refractivity contribution < 1.29 is 9.53 Å². The molecule has 3 aliphatic rings. The van der Waals surface area contributed by atoms with Gasteiger partial charge in [-0.25, -0.2) is 0 Å². The number of carbonyl (C=O) groups excluding carboxylic acids is 1. The van der Waals surface area contributed by atoms with Crippen LogP contribution >= 0.6 is 0 Å². The molecule has 0 aromatic heterocycles. The SMILES string of the molecule is CCC(C)(C)C(=O)OC12CCC(CC1)CC2. The van der Waals surface area contributed by atoms with Crippen LogP contribution in [0.2, 0.25) is 0 Å². The van der Waals surface area contributed by atoms with Gasteiger partial charge in [-0.05, 0) is 64.7 Å². The van der Waals surface area contributed by atoms with E-state index in [1.165, 1.54) is 19.3 Å². The monoisotopic (exact) mass is 224 g/mol. The summed E-state index contributed by atoms with van der Waals surface area (Å²) in [6.45, 7) is 6.03. The molecule has 2 nitrogen and oxygen atoms in total. The first kappa shape index (κ1) is 11.9. The molecular weight excluding hydrogens is 200 g/mol. The molecule has 0 radical (unpaired) electrons. The number of rotatable bonds is 3. The Balaban J connectivity index is 2.01. The van der Waals surface area contributed by atoms with Crippen LogP contribution in [0, 0.1) is 11.3 Å². The van der Waals surface area contributed by atoms with Crippen LogP contribution in [0.15, 0.2) is 0 Å². The topological polar surface area (TPSA) is 26.3 Å². The summed E-state index contributed by atoms with van der Waals surface area (Å²) in [5.41, 5.74) is -0.401. The summed E-state index contributed by atoms with van der Waals surface area (Å²) < 4.78 is 5.88. The van der Waals surface area contributed by atoms with Crippen molar-refractivity contribution in [3.05, 3.63) is 0 Å². The Labute approximate surface area is 98.7 Å². The molecule has 0 saturated heterocycles. The van der Waals surface area contributed by atoms with Crippen molar-refractivity contribution in [2.75, 3.05) is 0 Å². The molecule has 2 heteroatoms. The van der Waals surface area contributed by atoms with E-state index in [-0.39, 0.29) is 17.0 Å². The minimum Gasteiger partial charge on any atom is -0.459 e. The normalized spacial score (nSPS) is 33.8. The standard InChI is InChI=1S/C14H24O2/c1-4-13(2,3)12(15)16-14-8-5-11(6-9-14)7-10-14/h11H,4-10H2,1-3H3. The number of hydrogen-bond acceptors (Lipinski definition) is 2. The van der Waals surface area contributed by atoms with Gasteiger partial charge in [-0.15, -0.1) is 0 Å². The van der Waals surface area contributed by atoms with E-state index in [1.807, 2.05) is 13.8 Å². The molecule has 3 aliphatic carbocycles. The molecule has 2 bridgehead atoms. The maximum atomic E-state index is 12.1. The summed E-state index contributed by atoms with van der Waals surface area (Å²) in [6.07, 6.45) is 7.94. The lowest BCUT2D eigenvalue weighted by atomic mass is 9.67. The van der Waals surface area contributed by atoms with Crippen LogP contribution in [0.5, 0.6) is 0 Å². The maximum Gasteiger partial charge on any atom is 0.312 e. The summed E-state index contributed by atoms with van der Waals surface area (Å²) >= 11 is 0. The van der Waals surface area contributed by atoms with Crippen LogP contribution in [0.3, 0.4) is 0 Å². The number of hydrogen-bond donors (Lipinski definition) is 0. The Kier molecular flexibility index (Phi) is 3.02. The fraction of sp³-hybridized carbons (Fsp3) is 0.929. The van der Waals surface area contributed by atoms with E-state index in [2.05, 4.69) is 6.92 Å². The lowest BCUT2D eigenvalue weighted by molar-refractivity contribution is -0.181. The predicted molar refractivity (Wildman–Crippen MR) is 64.1 cm³/mol. The Morgan fingerprint density at radius 1 is 1.25 bits per heavy atom. The molecule has 0 N–H and O–H groups in total. The van der Waals surface area contributed by atoms with Crippen molar-refractivity contribution in [1.29, 1.82) is 0 Å². The Morgan fingerprint density at radius 2 is 1.75 bits per heavy atom. The van der Waals surface area contributed by atoms with E-state index in [0.717, 1.165) is 31.6 Å². The highest BCUT2D eigenvalue weighted by Crippen LogP contribution is 2.47. The molecule has 0 atom stereocenters. The lowest BCUT2D eigenvalue weighted by Gasteiger charge is -2.46. The van der Waals surface area contributed by atoms with Gasteiger partial charge in [0.05, 0.1) is 5.41 Å². The van der Waals surface area contributed by atoms with Gasteiger partial charge in [0.15, 0.2) is 0 Å². The fourth-order valence-electron chi connectivity index (χ4n) is 2.84.